The van der Waals surface area contributed by atoms with E-state index in [2.05, 4.69) is 0 Å². The molecule has 0 bridgehead atoms. The van der Waals surface area contributed by atoms with Gasteiger partial charge in [0.25, 0.3) is 17.5 Å². The van der Waals surface area contributed by atoms with E-state index in [1.165, 1.54) is 0 Å². The molecule has 0 spiro atoms. The monoisotopic (exact) mass is 580 g/mol. The standard InChI is InChI=1S/C20H26BFN2O14S/c21-16(27)17(28,29)15(26,18(30,31)20(34,35)19(16,32)33)8-38-13-7-12(22)11(6-10(13)9-2-3-9)14(25)23-39(36,37)24-4-1-5-24/h6-7,9,26-35H,1-5,8H2,(H,23,25). The summed E-state index contributed by atoms with van der Waals surface area (Å²) in [6.07, 6.45) is 1.50. The van der Waals surface area contributed by atoms with E-state index in [0.29, 0.717) is 25.3 Å². The van der Waals surface area contributed by atoms with Crippen LogP contribution in [0.5, 0.6) is 5.75 Å². The van der Waals surface area contributed by atoms with Crippen molar-refractivity contribution in [2.24, 2.45) is 0 Å². The summed E-state index contributed by atoms with van der Waals surface area (Å²) in [5.41, 5.74) is -9.37. The average molecular weight is 580 g/mol. The van der Waals surface area contributed by atoms with Crippen LogP contribution in [0.25, 0.3) is 0 Å². The van der Waals surface area contributed by atoms with Crippen molar-refractivity contribution in [3.05, 3.63) is 29.1 Å². The number of carbonyl (C=O) groups is 1. The van der Waals surface area contributed by atoms with Crippen molar-refractivity contribution in [2.45, 2.75) is 59.4 Å². The van der Waals surface area contributed by atoms with Crippen LogP contribution in [0.1, 0.15) is 41.1 Å². The molecule has 39 heavy (non-hydrogen) atoms. The second kappa shape index (κ2) is 8.75. The lowest BCUT2D eigenvalue weighted by Crippen LogP contribution is -2.96. The SMILES string of the molecule is [B]C1(O)C(O)(O)C(O)(O)C(O)(O)C(O)(COc2cc(F)c(C(=O)NS(=O)(=O)N3CCC3)cc2C2CC2)C1(O)O. The van der Waals surface area contributed by atoms with Crippen molar-refractivity contribution in [1.29, 1.82) is 0 Å². The first kappa shape index (κ1) is 30.0. The van der Waals surface area contributed by atoms with Crippen molar-refractivity contribution < 1.29 is 73.4 Å². The minimum atomic E-state index is -4.77. The van der Waals surface area contributed by atoms with Crippen LogP contribution >= 0.6 is 0 Å². The number of nitrogens with one attached hydrogen (secondary N) is 1. The largest absolute Gasteiger partial charge is 0.490 e. The number of rotatable bonds is 7. The molecule has 1 aromatic carbocycles. The lowest BCUT2D eigenvalue weighted by atomic mass is 9.52. The van der Waals surface area contributed by atoms with Gasteiger partial charge in [-0.3, -0.25) is 4.79 Å². The molecule has 0 aromatic heterocycles. The van der Waals surface area contributed by atoms with E-state index in [9.17, 15) is 68.7 Å². The summed E-state index contributed by atoms with van der Waals surface area (Å²) in [5, 5.41) is 102. The van der Waals surface area contributed by atoms with Crippen LogP contribution in [0.2, 0.25) is 0 Å². The third-order valence-corrected chi connectivity index (χ3v) is 8.85. The third kappa shape index (κ3) is 4.00. The molecule has 1 aliphatic heterocycles. The summed E-state index contributed by atoms with van der Waals surface area (Å²) in [5.74, 6) is -22.4. The van der Waals surface area contributed by atoms with Gasteiger partial charge in [-0.2, -0.15) is 12.7 Å². The molecule has 2 unspecified atom stereocenters. The molecule has 16 nitrogen and oxygen atoms in total. The molecule has 2 radical (unpaired) electrons. The van der Waals surface area contributed by atoms with Crippen molar-refractivity contribution in [3.8, 4) is 5.75 Å². The Morgan fingerprint density at radius 2 is 1.54 bits per heavy atom. The number of halogens is 1. The third-order valence-electron chi connectivity index (χ3n) is 7.36. The van der Waals surface area contributed by atoms with Crippen molar-refractivity contribution in [2.75, 3.05) is 19.7 Å². The fourth-order valence-electron chi connectivity index (χ4n) is 4.33. The zero-order valence-electron chi connectivity index (χ0n) is 19.9. The molecule has 2 atom stereocenters. The number of benzene rings is 1. The van der Waals surface area contributed by atoms with Gasteiger partial charge in [-0.25, -0.2) is 9.11 Å². The maximum Gasteiger partial charge on any atom is 0.304 e. The lowest BCUT2D eigenvalue weighted by Gasteiger charge is -2.64. The second-order valence-electron chi connectivity index (χ2n) is 9.94. The van der Waals surface area contributed by atoms with Crippen LogP contribution in [0, 0.1) is 5.82 Å². The molecule has 216 valence electrons. The Hall–Kier alpha value is -2.01. The predicted molar refractivity (Wildman–Crippen MR) is 121 cm³/mol. The zero-order chi connectivity index (χ0) is 29.6. The quantitative estimate of drug-likeness (QED) is 0.106. The Balaban J connectivity index is 1.68. The summed E-state index contributed by atoms with van der Waals surface area (Å²) in [6, 6.07) is 1.44. The van der Waals surface area contributed by atoms with Gasteiger partial charge in [0.1, 0.15) is 31.5 Å². The zero-order valence-corrected chi connectivity index (χ0v) is 20.7. The molecule has 3 aliphatic rings. The van der Waals surface area contributed by atoms with E-state index in [0.717, 1.165) is 10.4 Å². The first-order valence-electron chi connectivity index (χ1n) is 11.4. The molecular formula is C20H26BFN2O14S. The molecular weight excluding hydrogens is 554 g/mol. The molecule has 4 rings (SSSR count). The Labute approximate surface area is 220 Å². The van der Waals surface area contributed by atoms with Crippen LogP contribution in [0.15, 0.2) is 12.1 Å². The number of carbonyl (C=O) groups excluding carboxylic acids is 1. The highest BCUT2D eigenvalue weighted by atomic mass is 32.2. The first-order valence-corrected chi connectivity index (χ1v) is 12.8. The summed E-state index contributed by atoms with van der Waals surface area (Å²) in [7, 11) is 0.829. The summed E-state index contributed by atoms with van der Waals surface area (Å²) < 4.78 is 47.2. The topological polar surface area (TPSA) is 278 Å². The fourth-order valence-corrected chi connectivity index (χ4v) is 5.54. The van der Waals surface area contributed by atoms with E-state index in [-0.39, 0.29) is 18.7 Å². The molecule has 1 aromatic rings. The minimum Gasteiger partial charge on any atom is -0.490 e. The second-order valence-corrected chi connectivity index (χ2v) is 11.6. The van der Waals surface area contributed by atoms with E-state index < -0.39 is 80.0 Å². The Morgan fingerprint density at radius 1 is 0.974 bits per heavy atom. The molecule has 3 fully saturated rings. The van der Waals surface area contributed by atoms with E-state index >= 15 is 0 Å². The van der Waals surface area contributed by atoms with Crippen LogP contribution in [-0.4, -0.2) is 131 Å². The summed E-state index contributed by atoms with van der Waals surface area (Å²) >= 11 is 0. The average Bonchev–Trinajstić information content (AvgIpc) is 3.59. The van der Waals surface area contributed by atoms with E-state index in [4.69, 9.17) is 12.6 Å². The van der Waals surface area contributed by atoms with Gasteiger partial charge in [0, 0.05) is 19.2 Å². The number of hydrogen-bond acceptors (Lipinski definition) is 14. The van der Waals surface area contributed by atoms with Crippen molar-refractivity contribution in [3.63, 3.8) is 0 Å². The molecule has 1 amide bonds. The van der Waals surface area contributed by atoms with E-state index in [1.54, 1.807) is 4.72 Å². The predicted octanol–water partition coefficient (Wildman–Crippen LogP) is -5.91. The van der Waals surface area contributed by atoms with Crippen LogP contribution in [0.4, 0.5) is 4.39 Å². The normalized spacial score (nSPS) is 31.3. The molecule has 11 N–H and O–H groups in total. The maximum atomic E-state index is 14.9. The molecule has 1 heterocycles. The number of aliphatic hydroxyl groups is 10. The number of ether oxygens (including phenoxy) is 1. The van der Waals surface area contributed by atoms with Gasteiger partial charge in [-0.15, -0.1) is 0 Å². The van der Waals surface area contributed by atoms with Crippen molar-refractivity contribution >= 4 is 24.0 Å². The van der Waals surface area contributed by atoms with Gasteiger partial charge >= 0.3 is 10.2 Å². The Bertz CT molecular complexity index is 1260. The van der Waals surface area contributed by atoms with Gasteiger partial charge in [0.2, 0.25) is 17.2 Å². The van der Waals surface area contributed by atoms with Crippen LogP contribution < -0.4 is 9.46 Å². The number of nitrogens with zero attached hydrogens (tertiary/aromatic N) is 1. The lowest BCUT2D eigenvalue weighted by molar-refractivity contribution is -0.571. The number of amides is 1. The van der Waals surface area contributed by atoms with Crippen LogP contribution in [-0.2, 0) is 10.2 Å². The molecule has 19 heteroatoms. The highest BCUT2D eigenvalue weighted by Gasteiger charge is 2.89. The van der Waals surface area contributed by atoms with Gasteiger partial charge in [-0.05, 0) is 36.8 Å². The summed E-state index contributed by atoms with van der Waals surface area (Å²) in [4.78, 5) is 12.5. The summed E-state index contributed by atoms with van der Waals surface area (Å²) in [6.45, 7) is -1.51. The highest BCUT2D eigenvalue weighted by molar-refractivity contribution is 7.87. The highest BCUT2D eigenvalue weighted by Crippen LogP contribution is 2.54. The smallest absolute Gasteiger partial charge is 0.304 e. The van der Waals surface area contributed by atoms with Crippen molar-refractivity contribution in [1.82, 2.24) is 9.03 Å². The Kier molecular flexibility index (Phi) is 6.72. The molecule has 2 aliphatic carbocycles. The first-order chi connectivity index (χ1) is 17.6. The van der Waals surface area contributed by atoms with Crippen LogP contribution in [0.3, 0.4) is 0 Å². The van der Waals surface area contributed by atoms with Gasteiger partial charge in [0.05, 0.1) is 5.56 Å². The fraction of sp³-hybridized carbons (Fsp3) is 0.650. The molecule has 1 saturated heterocycles. The maximum absolute atomic E-state index is 14.9. The van der Waals surface area contributed by atoms with Gasteiger partial charge in [-0.1, -0.05) is 0 Å². The Morgan fingerprint density at radius 3 is 2.03 bits per heavy atom. The van der Waals surface area contributed by atoms with Gasteiger partial charge in [0.15, 0.2) is 0 Å². The van der Waals surface area contributed by atoms with E-state index in [1.807, 2.05) is 0 Å². The molecule has 2 saturated carbocycles. The number of hydrogen-bond donors (Lipinski definition) is 11. The minimum absolute atomic E-state index is 0.0196. The van der Waals surface area contributed by atoms with Gasteiger partial charge < -0.3 is 55.8 Å².